The van der Waals surface area contributed by atoms with E-state index in [9.17, 15) is 17.6 Å². The summed E-state index contributed by atoms with van der Waals surface area (Å²) in [6.07, 6.45) is 1.10. The van der Waals surface area contributed by atoms with Gasteiger partial charge < -0.3 is 0 Å². The fraction of sp³-hybridized carbons (Fsp3) is 0.0370. The molecule has 182 valence electrons. The van der Waals surface area contributed by atoms with Crippen LogP contribution in [-0.2, 0) is 16.6 Å². The molecule has 9 heteroatoms. The van der Waals surface area contributed by atoms with Gasteiger partial charge in [0.2, 0.25) is 0 Å². The number of hydrazone groups is 1. The van der Waals surface area contributed by atoms with Gasteiger partial charge in [0, 0.05) is 5.56 Å². The first kappa shape index (κ1) is 25.1. The zero-order chi connectivity index (χ0) is 25.5. The number of nitrogens with zero attached hydrogens (tertiary/aromatic N) is 2. The topological polar surface area (TPSA) is 78.8 Å². The number of halogens is 2. The Bertz CT molecular complexity index is 1480. The van der Waals surface area contributed by atoms with Gasteiger partial charge >= 0.3 is 0 Å². The minimum Gasteiger partial charge on any atom is -0.267 e. The predicted octanol–water partition coefficient (Wildman–Crippen LogP) is 5.64. The maximum absolute atomic E-state index is 14.0. The number of hydrogen-bond donors (Lipinski definition) is 1. The van der Waals surface area contributed by atoms with Crippen LogP contribution >= 0.6 is 11.6 Å². The van der Waals surface area contributed by atoms with E-state index in [-0.39, 0.29) is 33.3 Å². The van der Waals surface area contributed by atoms with Crippen molar-refractivity contribution in [3.63, 3.8) is 0 Å². The predicted molar refractivity (Wildman–Crippen MR) is 139 cm³/mol. The fourth-order valence-electron chi connectivity index (χ4n) is 3.50. The molecule has 0 heterocycles. The zero-order valence-corrected chi connectivity index (χ0v) is 20.5. The van der Waals surface area contributed by atoms with Crippen LogP contribution in [0.2, 0.25) is 5.02 Å². The second kappa shape index (κ2) is 11.2. The highest BCUT2D eigenvalue weighted by Gasteiger charge is 2.28. The van der Waals surface area contributed by atoms with Crippen LogP contribution in [0, 0.1) is 5.82 Å². The van der Waals surface area contributed by atoms with Crippen molar-refractivity contribution < 1.29 is 17.6 Å². The lowest BCUT2D eigenvalue weighted by atomic mass is 10.1. The Morgan fingerprint density at radius 2 is 1.53 bits per heavy atom. The molecule has 1 N–H and O–H groups in total. The highest BCUT2D eigenvalue weighted by atomic mass is 35.5. The molecule has 4 aromatic carbocycles. The lowest BCUT2D eigenvalue weighted by Crippen LogP contribution is -2.33. The van der Waals surface area contributed by atoms with E-state index in [2.05, 4.69) is 10.5 Å². The van der Waals surface area contributed by atoms with Crippen molar-refractivity contribution in [1.82, 2.24) is 5.43 Å². The number of carbonyl (C=O) groups excluding carboxylic acids is 1. The van der Waals surface area contributed by atoms with E-state index in [4.69, 9.17) is 11.6 Å². The molecule has 0 aromatic heterocycles. The Morgan fingerprint density at radius 3 is 2.22 bits per heavy atom. The molecular formula is C27H21ClFN3O3S. The highest BCUT2D eigenvalue weighted by molar-refractivity contribution is 7.92. The maximum Gasteiger partial charge on any atom is 0.273 e. The summed E-state index contributed by atoms with van der Waals surface area (Å²) in [6.45, 7) is -0.00351. The van der Waals surface area contributed by atoms with Crippen LogP contribution in [0.15, 0.2) is 113 Å². The molecule has 0 radical (unpaired) electrons. The second-order valence-electron chi connectivity index (χ2n) is 7.66. The van der Waals surface area contributed by atoms with E-state index in [1.54, 1.807) is 48.5 Å². The van der Waals surface area contributed by atoms with E-state index in [1.165, 1.54) is 40.7 Å². The molecule has 0 fully saturated rings. The molecule has 0 bridgehead atoms. The summed E-state index contributed by atoms with van der Waals surface area (Å²) in [4.78, 5) is 13.2. The largest absolute Gasteiger partial charge is 0.273 e. The van der Waals surface area contributed by atoms with Gasteiger partial charge in [-0.1, -0.05) is 78.3 Å². The standard InChI is InChI=1S/C27H21ClFN3O3S/c28-24-15-9-16-25(29)23(24)18-30-31-27(33)22-14-7-8-17-26(22)32(19-20-10-3-1-4-11-20)36(34,35)21-12-5-2-6-13-21/h1-18H,19H2,(H,31,33)/b30-18-. The fourth-order valence-corrected chi connectivity index (χ4v) is 5.21. The number of nitrogens with one attached hydrogen (secondary N) is 1. The van der Waals surface area contributed by atoms with Crippen LogP contribution in [0.1, 0.15) is 21.5 Å². The van der Waals surface area contributed by atoms with Crippen molar-refractivity contribution in [2.45, 2.75) is 11.4 Å². The van der Waals surface area contributed by atoms with Gasteiger partial charge in [0.05, 0.1) is 33.9 Å². The van der Waals surface area contributed by atoms with Gasteiger partial charge in [-0.3, -0.25) is 9.10 Å². The molecule has 0 aliphatic rings. The molecule has 1 amide bonds. The van der Waals surface area contributed by atoms with Gasteiger partial charge in [0.15, 0.2) is 0 Å². The number of para-hydroxylation sites is 1. The number of sulfonamides is 1. The minimum absolute atomic E-state index is 0.00351. The molecule has 0 unspecified atom stereocenters. The summed E-state index contributed by atoms with van der Waals surface area (Å²) in [5.41, 5.74) is 3.33. The van der Waals surface area contributed by atoms with Crippen LogP contribution in [-0.4, -0.2) is 20.5 Å². The van der Waals surface area contributed by atoms with Crippen LogP contribution in [0.3, 0.4) is 0 Å². The van der Waals surface area contributed by atoms with Gasteiger partial charge in [0.25, 0.3) is 15.9 Å². The van der Waals surface area contributed by atoms with Crippen LogP contribution < -0.4 is 9.73 Å². The molecule has 0 atom stereocenters. The number of benzene rings is 4. The summed E-state index contributed by atoms with van der Waals surface area (Å²) in [6, 6.07) is 27.5. The van der Waals surface area contributed by atoms with Crippen LogP contribution in [0.25, 0.3) is 0 Å². The molecule has 0 aliphatic carbocycles. The minimum atomic E-state index is -4.04. The van der Waals surface area contributed by atoms with E-state index in [1.807, 2.05) is 18.2 Å². The first-order valence-corrected chi connectivity index (χ1v) is 12.7. The Balaban J connectivity index is 1.71. The summed E-state index contributed by atoms with van der Waals surface area (Å²) in [5, 5.41) is 3.96. The first-order valence-electron chi connectivity index (χ1n) is 10.9. The Kier molecular flexibility index (Phi) is 7.77. The smallest absolute Gasteiger partial charge is 0.267 e. The maximum atomic E-state index is 14.0. The molecular weight excluding hydrogens is 501 g/mol. The number of amides is 1. The SMILES string of the molecule is O=C(N/N=C\c1c(F)cccc1Cl)c1ccccc1N(Cc1ccccc1)S(=O)(=O)c1ccccc1. The van der Waals surface area contributed by atoms with Gasteiger partial charge in [-0.15, -0.1) is 0 Å². The summed E-state index contributed by atoms with van der Waals surface area (Å²) < 4.78 is 42.6. The molecule has 0 saturated carbocycles. The Labute approximate surface area is 213 Å². The lowest BCUT2D eigenvalue weighted by Gasteiger charge is -2.26. The molecule has 0 saturated heterocycles. The third-order valence-electron chi connectivity index (χ3n) is 5.28. The van der Waals surface area contributed by atoms with Crippen LogP contribution in [0.5, 0.6) is 0 Å². The number of anilines is 1. The van der Waals surface area contributed by atoms with Crippen molar-refractivity contribution in [3.05, 3.63) is 131 Å². The zero-order valence-electron chi connectivity index (χ0n) is 18.9. The lowest BCUT2D eigenvalue weighted by molar-refractivity contribution is 0.0955. The van der Waals surface area contributed by atoms with Crippen molar-refractivity contribution in [2.24, 2.45) is 5.10 Å². The molecule has 6 nitrogen and oxygen atoms in total. The van der Waals surface area contributed by atoms with E-state index >= 15 is 0 Å². The van der Waals surface area contributed by atoms with Gasteiger partial charge in [-0.2, -0.15) is 5.10 Å². The van der Waals surface area contributed by atoms with Crippen molar-refractivity contribution in [1.29, 1.82) is 0 Å². The third kappa shape index (κ3) is 5.62. The Hall–Kier alpha value is -4.01. The van der Waals surface area contributed by atoms with E-state index in [0.717, 1.165) is 11.8 Å². The molecule has 0 spiro atoms. The normalized spacial score (nSPS) is 11.4. The average molecular weight is 522 g/mol. The van der Waals surface area contributed by atoms with Crippen molar-refractivity contribution >= 4 is 39.4 Å². The van der Waals surface area contributed by atoms with E-state index in [0.29, 0.717) is 0 Å². The molecule has 0 aliphatic heterocycles. The summed E-state index contributed by atoms with van der Waals surface area (Å²) in [7, 11) is -4.04. The quantitative estimate of drug-likeness (QED) is 0.241. The van der Waals surface area contributed by atoms with Crippen LogP contribution in [0.4, 0.5) is 10.1 Å². The third-order valence-corrected chi connectivity index (χ3v) is 7.38. The van der Waals surface area contributed by atoms with Gasteiger partial charge in [0.1, 0.15) is 5.82 Å². The van der Waals surface area contributed by atoms with Gasteiger partial charge in [-0.25, -0.2) is 18.2 Å². The monoisotopic (exact) mass is 521 g/mol. The number of carbonyl (C=O) groups is 1. The van der Waals surface area contributed by atoms with Crippen molar-refractivity contribution in [2.75, 3.05) is 4.31 Å². The van der Waals surface area contributed by atoms with E-state index < -0.39 is 21.7 Å². The molecule has 4 aromatic rings. The second-order valence-corrected chi connectivity index (χ2v) is 9.93. The number of rotatable bonds is 8. The summed E-state index contributed by atoms with van der Waals surface area (Å²) >= 11 is 6.00. The first-order chi connectivity index (χ1) is 17.4. The molecule has 36 heavy (non-hydrogen) atoms. The average Bonchev–Trinajstić information content (AvgIpc) is 2.90. The summed E-state index contributed by atoms with van der Waals surface area (Å²) in [5.74, 6) is -1.26. The Morgan fingerprint density at radius 1 is 0.889 bits per heavy atom. The number of hydrogen-bond acceptors (Lipinski definition) is 4. The highest BCUT2D eigenvalue weighted by Crippen LogP contribution is 2.29. The van der Waals surface area contributed by atoms with Crippen molar-refractivity contribution in [3.8, 4) is 0 Å². The van der Waals surface area contributed by atoms with Gasteiger partial charge in [-0.05, 0) is 42.0 Å². The molecule has 4 rings (SSSR count).